The van der Waals surface area contributed by atoms with E-state index in [1.165, 1.54) is 0 Å². The lowest BCUT2D eigenvalue weighted by Gasteiger charge is -2.36. The van der Waals surface area contributed by atoms with Crippen LogP contribution in [0.5, 0.6) is 5.88 Å². The number of benzene rings is 1. The molecule has 1 amide bonds. The number of nitrogens with zero attached hydrogens (tertiary/aromatic N) is 3. The highest BCUT2D eigenvalue weighted by Gasteiger charge is 2.31. The van der Waals surface area contributed by atoms with Crippen LogP contribution in [-0.2, 0) is 4.74 Å². The molecule has 2 heterocycles. The van der Waals surface area contributed by atoms with Crippen molar-refractivity contribution in [2.24, 2.45) is 0 Å². The number of rotatable bonds is 3. The summed E-state index contributed by atoms with van der Waals surface area (Å²) < 4.78 is 11.4. The van der Waals surface area contributed by atoms with Gasteiger partial charge in [-0.1, -0.05) is 12.1 Å². The third-order valence-corrected chi connectivity index (χ3v) is 4.23. The number of ether oxygens (including phenoxy) is 2. The summed E-state index contributed by atoms with van der Waals surface area (Å²) in [5, 5.41) is 0. The van der Waals surface area contributed by atoms with Crippen molar-refractivity contribution in [3.05, 3.63) is 24.3 Å². The molecule has 1 unspecified atom stereocenters. The van der Waals surface area contributed by atoms with Gasteiger partial charge in [0.05, 0.1) is 17.1 Å². The molecular weight excluding hydrogens is 332 g/mol. The molecule has 7 nitrogen and oxygen atoms in total. The number of carbonyl (C=O) groups is 1. The van der Waals surface area contributed by atoms with Crippen molar-refractivity contribution in [1.82, 2.24) is 14.9 Å². The summed E-state index contributed by atoms with van der Waals surface area (Å²) in [5.41, 5.74) is 6.91. The summed E-state index contributed by atoms with van der Waals surface area (Å²) in [6.45, 7) is 6.58. The first-order chi connectivity index (χ1) is 12.3. The zero-order valence-corrected chi connectivity index (χ0v) is 15.6. The molecule has 2 aromatic rings. The van der Waals surface area contributed by atoms with Gasteiger partial charge in [-0.15, -0.1) is 0 Å². The van der Waals surface area contributed by atoms with Crippen LogP contribution in [0.4, 0.5) is 10.6 Å². The molecule has 3 rings (SSSR count). The fraction of sp³-hybridized carbons (Fsp3) is 0.526. The van der Waals surface area contributed by atoms with Gasteiger partial charge in [0.1, 0.15) is 12.2 Å². The van der Waals surface area contributed by atoms with Crippen molar-refractivity contribution in [2.75, 3.05) is 18.9 Å². The summed E-state index contributed by atoms with van der Waals surface area (Å²) in [7, 11) is 0. The van der Waals surface area contributed by atoms with Crippen LogP contribution in [-0.4, -0.2) is 45.8 Å². The van der Waals surface area contributed by atoms with Gasteiger partial charge in [0.15, 0.2) is 5.82 Å². The van der Waals surface area contributed by atoms with Crippen LogP contribution in [0.3, 0.4) is 0 Å². The summed E-state index contributed by atoms with van der Waals surface area (Å²) in [4.78, 5) is 23.0. The molecule has 26 heavy (non-hydrogen) atoms. The molecule has 1 aromatic carbocycles. The molecule has 140 valence electrons. The fourth-order valence-electron chi connectivity index (χ4n) is 3.01. The summed E-state index contributed by atoms with van der Waals surface area (Å²) in [5.74, 6) is 0.557. The predicted octanol–water partition coefficient (Wildman–Crippen LogP) is 3.38. The van der Waals surface area contributed by atoms with Crippen LogP contribution in [0.15, 0.2) is 24.3 Å². The number of piperidine rings is 1. The maximum atomic E-state index is 12.5. The van der Waals surface area contributed by atoms with Gasteiger partial charge in [0.2, 0.25) is 0 Å². The van der Waals surface area contributed by atoms with Gasteiger partial charge in [0.25, 0.3) is 5.88 Å². The van der Waals surface area contributed by atoms with E-state index in [1.54, 1.807) is 4.90 Å². The van der Waals surface area contributed by atoms with Crippen molar-refractivity contribution in [1.29, 1.82) is 0 Å². The Bertz CT molecular complexity index is 788. The number of hydrogen-bond acceptors (Lipinski definition) is 6. The highest BCUT2D eigenvalue weighted by Crippen LogP contribution is 2.24. The van der Waals surface area contributed by atoms with Crippen molar-refractivity contribution in [3.63, 3.8) is 0 Å². The second-order valence-electron chi connectivity index (χ2n) is 7.54. The number of hydrogen-bond donors (Lipinski definition) is 1. The van der Waals surface area contributed by atoms with Gasteiger partial charge in [-0.3, -0.25) is 0 Å². The average Bonchev–Trinajstić information content (AvgIpc) is 2.58. The SMILES string of the molecule is CC(C)(C)OC(=O)N1CCCCC1COc1nc2ccccc2nc1N. The minimum Gasteiger partial charge on any atom is -0.473 e. The number of amides is 1. The first-order valence-corrected chi connectivity index (χ1v) is 8.98. The fourth-order valence-corrected chi connectivity index (χ4v) is 3.01. The average molecular weight is 358 g/mol. The molecule has 7 heteroatoms. The van der Waals surface area contributed by atoms with E-state index in [1.807, 2.05) is 45.0 Å². The quantitative estimate of drug-likeness (QED) is 0.904. The van der Waals surface area contributed by atoms with E-state index < -0.39 is 5.60 Å². The van der Waals surface area contributed by atoms with Gasteiger partial charge in [-0.05, 0) is 52.2 Å². The minimum atomic E-state index is -0.520. The molecule has 1 aromatic heterocycles. The van der Waals surface area contributed by atoms with Gasteiger partial charge in [-0.25, -0.2) is 14.8 Å². The maximum absolute atomic E-state index is 12.5. The molecule has 0 bridgehead atoms. The van der Waals surface area contributed by atoms with Crippen molar-refractivity contribution >= 4 is 22.9 Å². The van der Waals surface area contributed by atoms with E-state index >= 15 is 0 Å². The largest absolute Gasteiger partial charge is 0.473 e. The number of carbonyl (C=O) groups excluding carboxylic acids is 1. The monoisotopic (exact) mass is 358 g/mol. The molecule has 1 saturated heterocycles. The topological polar surface area (TPSA) is 90.6 Å². The van der Waals surface area contributed by atoms with E-state index in [-0.39, 0.29) is 18.0 Å². The molecule has 0 aliphatic carbocycles. The zero-order valence-electron chi connectivity index (χ0n) is 15.6. The van der Waals surface area contributed by atoms with Crippen molar-refractivity contribution < 1.29 is 14.3 Å². The molecule has 1 fully saturated rings. The Morgan fingerprint density at radius 3 is 2.62 bits per heavy atom. The van der Waals surface area contributed by atoms with Crippen LogP contribution in [0.2, 0.25) is 0 Å². The normalized spacial score (nSPS) is 18.0. The van der Waals surface area contributed by atoms with Crippen LogP contribution < -0.4 is 10.5 Å². The number of aromatic nitrogens is 2. The lowest BCUT2D eigenvalue weighted by molar-refractivity contribution is 0.00341. The molecule has 0 radical (unpaired) electrons. The van der Waals surface area contributed by atoms with Gasteiger partial charge in [-0.2, -0.15) is 0 Å². The Kier molecular flexibility index (Phi) is 5.15. The number of anilines is 1. The Labute approximate surface area is 153 Å². The van der Waals surface area contributed by atoms with Crippen molar-refractivity contribution in [3.8, 4) is 5.88 Å². The Hall–Kier alpha value is -2.57. The third-order valence-electron chi connectivity index (χ3n) is 4.23. The van der Waals surface area contributed by atoms with Gasteiger partial charge < -0.3 is 20.1 Å². The smallest absolute Gasteiger partial charge is 0.410 e. The van der Waals surface area contributed by atoms with Gasteiger partial charge >= 0.3 is 6.09 Å². The lowest BCUT2D eigenvalue weighted by atomic mass is 10.0. The molecule has 1 aliphatic heterocycles. The minimum absolute atomic E-state index is 0.0636. The van der Waals surface area contributed by atoms with Crippen LogP contribution in [0.25, 0.3) is 11.0 Å². The molecular formula is C19H26N4O3. The number of nitrogen functional groups attached to an aromatic ring is 1. The zero-order chi connectivity index (χ0) is 18.7. The van der Waals surface area contributed by atoms with Gasteiger partial charge in [0, 0.05) is 6.54 Å². The van der Waals surface area contributed by atoms with Crippen LogP contribution >= 0.6 is 0 Å². The Balaban J connectivity index is 1.70. The van der Waals surface area contributed by atoms with Crippen LogP contribution in [0.1, 0.15) is 40.0 Å². The second-order valence-corrected chi connectivity index (χ2v) is 7.54. The molecule has 0 spiro atoms. The second kappa shape index (κ2) is 7.35. The van der Waals surface area contributed by atoms with Crippen molar-refractivity contribution in [2.45, 2.75) is 51.7 Å². The number of fused-ring (bicyclic) bond motifs is 1. The van der Waals surface area contributed by atoms with E-state index in [9.17, 15) is 4.79 Å². The molecule has 2 N–H and O–H groups in total. The number of para-hydroxylation sites is 2. The summed E-state index contributed by atoms with van der Waals surface area (Å²) in [6, 6.07) is 7.43. The number of likely N-dealkylation sites (tertiary alicyclic amines) is 1. The standard InChI is InChI=1S/C19H26N4O3/c1-19(2,3)26-18(24)23-11-7-6-8-13(23)12-25-17-16(20)21-14-9-4-5-10-15(14)22-17/h4-5,9-10,13H,6-8,11-12H2,1-3H3,(H2,20,21). The highest BCUT2D eigenvalue weighted by atomic mass is 16.6. The lowest BCUT2D eigenvalue weighted by Crippen LogP contribution is -2.48. The van der Waals surface area contributed by atoms with Crippen LogP contribution in [0, 0.1) is 0 Å². The van der Waals surface area contributed by atoms with E-state index in [0.717, 1.165) is 30.3 Å². The maximum Gasteiger partial charge on any atom is 0.410 e. The molecule has 1 atom stereocenters. The third kappa shape index (κ3) is 4.33. The van der Waals surface area contributed by atoms with E-state index in [2.05, 4.69) is 9.97 Å². The highest BCUT2D eigenvalue weighted by molar-refractivity contribution is 5.76. The Morgan fingerprint density at radius 2 is 1.92 bits per heavy atom. The molecule has 1 aliphatic rings. The summed E-state index contributed by atoms with van der Waals surface area (Å²) >= 11 is 0. The van der Waals surface area contributed by atoms with E-state index in [0.29, 0.717) is 19.0 Å². The van der Waals surface area contributed by atoms with E-state index in [4.69, 9.17) is 15.2 Å². The summed E-state index contributed by atoms with van der Waals surface area (Å²) in [6.07, 6.45) is 2.57. The first kappa shape index (κ1) is 18.2. The predicted molar refractivity (Wildman–Crippen MR) is 100 cm³/mol. The molecule has 0 saturated carbocycles. The number of nitrogens with two attached hydrogens (primary N) is 1. The first-order valence-electron chi connectivity index (χ1n) is 8.98. The Morgan fingerprint density at radius 1 is 1.23 bits per heavy atom.